The first-order chi connectivity index (χ1) is 35.3. The number of unbranched alkanes of at least 4 members (excludes halogenated alkanes) is 2. The van der Waals surface area contributed by atoms with Gasteiger partial charge in [-0.3, -0.25) is 48.3 Å². The lowest BCUT2D eigenvalue weighted by molar-refractivity contribution is -0.144. The fourth-order valence-corrected chi connectivity index (χ4v) is 9.88. The molecule has 0 spiro atoms. The van der Waals surface area contributed by atoms with E-state index in [9.17, 15) is 46.7 Å². The summed E-state index contributed by atoms with van der Waals surface area (Å²) in [6, 6.07) is 5.46. The molecule has 0 bridgehead atoms. The van der Waals surface area contributed by atoms with Crippen LogP contribution in [0.5, 0.6) is 0 Å². The van der Waals surface area contributed by atoms with Crippen LogP contribution in [0.2, 0.25) is 0 Å². The zero-order valence-electron chi connectivity index (χ0n) is 42.7. The van der Waals surface area contributed by atoms with Crippen molar-refractivity contribution in [2.45, 2.75) is 121 Å². The van der Waals surface area contributed by atoms with E-state index in [1.807, 2.05) is 13.1 Å². The molecule has 4 N–H and O–H groups in total. The molecule has 5 heterocycles. The number of pyridine rings is 1. The highest BCUT2D eigenvalue weighted by molar-refractivity contribution is 7.99. The summed E-state index contributed by atoms with van der Waals surface area (Å²) in [7, 11) is 1.83. The van der Waals surface area contributed by atoms with Crippen LogP contribution in [0.1, 0.15) is 117 Å². The van der Waals surface area contributed by atoms with Gasteiger partial charge in [-0.15, -0.1) is 22.0 Å². The summed E-state index contributed by atoms with van der Waals surface area (Å²) in [6.07, 6.45) is 1.58. The Labute approximate surface area is 433 Å². The quantitative estimate of drug-likeness (QED) is 0.0509. The van der Waals surface area contributed by atoms with Gasteiger partial charge in [0.25, 0.3) is 5.91 Å². The number of likely N-dealkylation sites (tertiary alicyclic amines) is 1. The van der Waals surface area contributed by atoms with Crippen molar-refractivity contribution in [1.29, 1.82) is 0 Å². The number of carbonyl (C=O) groups is 7. The lowest BCUT2D eigenvalue weighted by Crippen LogP contribution is -2.49. The van der Waals surface area contributed by atoms with E-state index in [-0.39, 0.29) is 80.4 Å². The Kier molecular flexibility index (Phi) is 20.5. The van der Waals surface area contributed by atoms with E-state index in [1.165, 1.54) is 34.6 Å². The van der Waals surface area contributed by atoms with Crippen LogP contribution < -0.4 is 26.2 Å². The van der Waals surface area contributed by atoms with Crippen molar-refractivity contribution in [3.05, 3.63) is 64.2 Å². The number of imide groups is 1. The smallest absolute Gasteiger partial charge is 0.379 e. The van der Waals surface area contributed by atoms with Crippen molar-refractivity contribution in [2.24, 2.45) is 13.0 Å². The summed E-state index contributed by atoms with van der Waals surface area (Å²) >= 11 is 1.30. The fourth-order valence-electron chi connectivity index (χ4n) is 9.10. The van der Waals surface area contributed by atoms with Crippen LogP contribution in [0.4, 0.5) is 19.0 Å². The molecule has 24 heteroatoms. The van der Waals surface area contributed by atoms with E-state index in [4.69, 9.17) is 14.5 Å². The van der Waals surface area contributed by atoms with Crippen LogP contribution in [-0.2, 0) is 76.4 Å². The second-order valence-electron chi connectivity index (χ2n) is 19.1. The third kappa shape index (κ3) is 15.5. The molecule has 20 nitrogen and oxygen atoms in total. The van der Waals surface area contributed by atoms with Crippen LogP contribution in [0, 0.1) is 5.92 Å². The van der Waals surface area contributed by atoms with E-state index >= 15 is 0 Å². The highest BCUT2D eigenvalue weighted by Crippen LogP contribution is 2.42. The predicted molar refractivity (Wildman–Crippen MR) is 266 cm³/mol. The summed E-state index contributed by atoms with van der Waals surface area (Å²) in [5.41, 5.74) is -0.284. The number of rotatable bonds is 26. The van der Waals surface area contributed by atoms with Crippen LogP contribution in [-0.4, -0.2) is 142 Å². The Balaban J connectivity index is 0.969. The largest absolute Gasteiger partial charge is 0.416 e. The van der Waals surface area contributed by atoms with E-state index < -0.39 is 59.9 Å². The molecule has 0 saturated carbocycles. The average Bonchev–Trinajstić information content (AvgIpc) is 3.92. The molecule has 1 aromatic carbocycles. The summed E-state index contributed by atoms with van der Waals surface area (Å²) in [6.45, 7) is 8.54. The number of halogens is 3. The van der Waals surface area contributed by atoms with Crippen LogP contribution >= 0.6 is 11.8 Å². The highest BCUT2D eigenvalue weighted by atomic mass is 32.2. The molecule has 1 unspecified atom stereocenters. The third-order valence-corrected chi connectivity index (χ3v) is 14.1. The van der Waals surface area contributed by atoms with E-state index in [2.05, 4.69) is 43.3 Å². The normalized spacial score (nSPS) is 16.7. The minimum Gasteiger partial charge on any atom is -0.379 e. The van der Waals surface area contributed by atoms with Crippen molar-refractivity contribution in [2.75, 3.05) is 69.9 Å². The summed E-state index contributed by atoms with van der Waals surface area (Å²) in [5.74, 6) is -1.56. The van der Waals surface area contributed by atoms with Gasteiger partial charge in [0.15, 0.2) is 0 Å². The molecule has 2 aromatic heterocycles. The summed E-state index contributed by atoms with van der Waals surface area (Å²) in [4.78, 5) is 97.6. The lowest BCUT2D eigenvalue weighted by Gasteiger charge is -2.42. The number of hydrogen-bond donors (Lipinski definition) is 4. The number of aromatic nitrogens is 4. The number of anilines is 1. The SMILES string of the molecule is CCC(=O)N(CCCCCC(=O)NC(C)C(=O)NCC(=O)NCC(=O)NCOCCSc1cc(C2(Cc3nncn3C)COC2)cc(N2Cc3c(cc(CN4CCC[C@H](C)C4)cc3C(F)(F)F)C2=O)n1)C(=O)CC. The van der Waals surface area contributed by atoms with E-state index in [0.717, 1.165) is 31.5 Å². The summed E-state index contributed by atoms with van der Waals surface area (Å²) < 4.78 is 57.4. The number of nitrogens with one attached hydrogen (secondary N) is 4. The van der Waals surface area contributed by atoms with Gasteiger partial charge in [0.2, 0.25) is 35.4 Å². The number of benzene rings is 1. The molecule has 6 rings (SSSR count). The second-order valence-corrected chi connectivity index (χ2v) is 20.3. The van der Waals surface area contributed by atoms with Crippen LogP contribution in [0.25, 0.3) is 0 Å². The highest BCUT2D eigenvalue weighted by Gasteiger charge is 2.44. The molecule has 2 fully saturated rings. The van der Waals surface area contributed by atoms with Gasteiger partial charge < -0.3 is 35.3 Å². The molecular formula is C50H68F3N11O9S. The van der Waals surface area contributed by atoms with Gasteiger partial charge >= 0.3 is 6.18 Å². The van der Waals surface area contributed by atoms with E-state index in [0.29, 0.717) is 73.5 Å². The number of amides is 7. The van der Waals surface area contributed by atoms with Crippen LogP contribution in [0.3, 0.4) is 0 Å². The van der Waals surface area contributed by atoms with Crippen molar-refractivity contribution >= 4 is 58.9 Å². The molecule has 3 aliphatic rings. The Hall–Kier alpha value is -5.98. The number of fused-ring (bicyclic) bond motifs is 1. The predicted octanol–water partition coefficient (Wildman–Crippen LogP) is 3.79. The van der Waals surface area contributed by atoms with Gasteiger partial charge in [0, 0.05) is 69.1 Å². The second kappa shape index (κ2) is 26.5. The van der Waals surface area contributed by atoms with Crippen molar-refractivity contribution in [1.82, 2.24) is 50.8 Å². The number of piperidine rings is 1. The third-order valence-electron chi connectivity index (χ3n) is 13.3. The topological polar surface area (TPSA) is 239 Å². The number of thioether (sulfide) groups is 1. The number of carbonyl (C=O) groups excluding carboxylic acids is 7. The lowest BCUT2D eigenvalue weighted by atomic mass is 9.76. The molecule has 2 saturated heterocycles. The van der Waals surface area contributed by atoms with Crippen molar-refractivity contribution in [3.63, 3.8) is 0 Å². The minimum atomic E-state index is -4.69. The fraction of sp³-hybridized carbons (Fsp3) is 0.600. The molecule has 2 atom stereocenters. The molecule has 3 aromatic rings. The van der Waals surface area contributed by atoms with Gasteiger partial charge in [-0.1, -0.05) is 27.2 Å². The number of aryl methyl sites for hydroxylation is 1. The molecular weight excluding hydrogens is 988 g/mol. The van der Waals surface area contributed by atoms with Gasteiger partial charge in [0.05, 0.1) is 50.0 Å². The Morgan fingerprint density at radius 2 is 1.70 bits per heavy atom. The van der Waals surface area contributed by atoms with Gasteiger partial charge in [-0.2, -0.15) is 13.2 Å². The first-order valence-electron chi connectivity index (χ1n) is 25.1. The maximum absolute atomic E-state index is 14.7. The van der Waals surface area contributed by atoms with Crippen molar-refractivity contribution < 1.29 is 56.2 Å². The average molecular weight is 1060 g/mol. The zero-order chi connectivity index (χ0) is 53.6. The molecule has 74 heavy (non-hydrogen) atoms. The van der Waals surface area contributed by atoms with Crippen LogP contribution in [0.15, 0.2) is 35.6 Å². The maximum atomic E-state index is 14.7. The van der Waals surface area contributed by atoms with Gasteiger partial charge in [0.1, 0.15) is 30.7 Å². The monoisotopic (exact) mass is 1060 g/mol. The molecule has 0 radical (unpaired) electrons. The number of hydrogen-bond acceptors (Lipinski definition) is 14. The Bertz CT molecular complexity index is 2490. The zero-order valence-corrected chi connectivity index (χ0v) is 43.6. The standard InChI is InChI=1S/C50H68F3N11O9S/c1-6-45(68)63(46(69)7-2)15-10-8-9-13-41(65)58-33(4)47(70)55-24-42(66)54-23-43(67)56-31-72-16-17-74-44-21-35(49(28-73-29-49)22-40-60-57-30-61(40)5)20-39(59-44)64-27-37-36(48(64)71)18-34(19-38(37)50(51,52)53)26-62-14-11-12-32(3)25-62/h18-21,30,32-33H,6-17,22-29,31H2,1-5H3,(H,54,66)(H,55,70)(H,56,67)(H,58,65)/t32-,33?/m0/s1. The number of ether oxygens (including phenoxy) is 2. The van der Waals surface area contributed by atoms with Gasteiger partial charge in [-0.05, 0) is 86.0 Å². The molecule has 7 amide bonds. The number of alkyl halides is 3. The Morgan fingerprint density at radius 1 is 0.973 bits per heavy atom. The van der Waals surface area contributed by atoms with Gasteiger partial charge in [-0.25, -0.2) is 4.98 Å². The Morgan fingerprint density at radius 3 is 2.36 bits per heavy atom. The van der Waals surface area contributed by atoms with Crippen molar-refractivity contribution in [3.8, 4) is 0 Å². The first-order valence-corrected chi connectivity index (χ1v) is 26.1. The minimum absolute atomic E-state index is 0.00991. The van der Waals surface area contributed by atoms with E-state index in [1.54, 1.807) is 36.9 Å². The maximum Gasteiger partial charge on any atom is 0.416 e. The first kappa shape index (κ1) is 57.3. The molecule has 0 aliphatic carbocycles. The molecule has 404 valence electrons. The number of nitrogens with zero attached hydrogens (tertiary/aromatic N) is 7. The summed E-state index contributed by atoms with van der Waals surface area (Å²) in [5, 5.41) is 18.7. The molecule has 3 aliphatic heterocycles.